The molecule has 6 heteroatoms. The Bertz CT molecular complexity index is 160. The molecule has 0 aromatic rings. The summed E-state index contributed by atoms with van der Waals surface area (Å²) in [6.07, 6.45) is 0. The first kappa shape index (κ1) is 18.5. The Labute approximate surface area is 115 Å². The first-order valence-electron chi connectivity index (χ1n) is 2.49. The molecule has 0 aromatic heterocycles. The fraction of sp³-hybridized carbons (Fsp3) is 0.333. The number of methoxy groups -OCH3 is 2. The summed E-state index contributed by atoms with van der Waals surface area (Å²) in [5.74, 6) is -1.54. The third-order valence-electron chi connectivity index (χ3n) is 0.864. The summed E-state index contributed by atoms with van der Waals surface area (Å²) >= 11 is 0. The van der Waals surface area contributed by atoms with Crippen molar-refractivity contribution in [3.05, 3.63) is 12.2 Å². The van der Waals surface area contributed by atoms with Crippen LogP contribution in [0.3, 0.4) is 0 Å². The molecule has 0 aliphatic rings. The zero-order chi connectivity index (χ0) is 8.15. The molecule has 58 valence electrons. The van der Waals surface area contributed by atoms with E-state index in [0.29, 0.717) is 0 Å². The van der Waals surface area contributed by atoms with Crippen molar-refractivity contribution in [2.45, 2.75) is 0 Å². The van der Waals surface area contributed by atoms with Crippen LogP contribution < -0.4 is 0 Å². The molecule has 0 unspecified atom stereocenters. The van der Waals surface area contributed by atoms with Gasteiger partial charge in [0.05, 0.1) is 14.2 Å². The van der Waals surface area contributed by atoms with Crippen LogP contribution in [0.1, 0.15) is 0 Å². The third kappa shape index (κ3) is 6.22. The summed E-state index contributed by atoms with van der Waals surface area (Å²) in [6.45, 7) is 3.15. The Morgan fingerprint density at radius 1 is 1.00 bits per heavy atom. The zero-order valence-corrected chi connectivity index (χ0v) is 11.8. The van der Waals surface area contributed by atoms with Crippen molar-refractivity contribution in [1.82, 2.24) is 0 Å². The van der Waals surface area contributed by atoms with Crippen molar-refractivity contribution < 1.29 is 19.1 Å². The standard InChI is InChI=1S/C6H8O4.2Na/c1-4(5(7)9-2)6(8)10-3;;/h1H2,2-3H3;;. The van der Waals surface area contributed by atoms with Gasteiger partial charge in [0.25, 0.3) is 0 Å². The number of hydrogen-bond acceptors (Lipinski definition) is 4. The molecule has 4 nitrogen and oxygen atoms in total. The molecule has 0 rings (SSSR count). The van der Waals surface area contributed by atoms with E-state index in [2.05, 4.69) is 16.1 Å². The van der Waals surface area contributed by atoms with Gasteiger partial charge in [0.15, 0.2) is 0 Å². The SMILES string of the molecule is C=C(C(=O)OC)C(=O)OC.[Na].[Na]. The molecular formula is C6H8Na2O4. The summed E-state index contributed by atoms with van der Waals surface area (Å²) < 4.78 is 8.39. The largest absolute Gasteiger partial charge is 0.465 e. The number of ether oxygens (including phenoxy) is 2. The Morgan fingerprint density at radius 3 is 1.42 bits per heavy atom. The van der Waals surface area contributed by atoms with E-state index in [9.17, 15) is 9.59 Å². The van der Waals surface area contributed by atoms with Crippen LogP contribution in [0.25, 0.3) is 0 Å². The summed E-state index contributed by atoms with van der Waals surface area (Å²) in [7, 11) is 2.33. The number of esters is 2. The summed E-state index contributed by atoms with van der Waals surface area (Å²) in [6, 6.07) is 0. The maximum atomic E-state index is 10.5. The zero-order valence-electron chi connectivity index (χ0n) is 7.84. The first-order chi connectivity index (χ1) is 4.63. The predicted molar refractivity (Wildman–Crippen MR) is 44.7 cm³/mol. The molecule has 0 heterocycles. The van der Waals surface area contributed by atoms with Crippen LogP contribution in [0.4, 0.5) is 0 Å². The molecule has 0 fully saturated rings. The minimum absolute atomic E-state index is 0. The fourth-order valence-electron chi connectivity index (χ4n) is 0.330. The quantitative estimate of drug-likeness (QED) is 0.187. The van der Waals surface area contributed by atoms with Gasteiger partial charge in [0.2, 0.25) is 0 Å². The van der Waals surface area contributed by atoms with E-state index < -0.39 is 11.9 Å². The Kier molecular flexibility index (Phi) is 15.0. The molecule has 0 amide bonds. The average molecular weight is 190 g/mol. The van der Waals surface area contributed by atoms with Crippen LogP contribution in [-0.2, 0) is 19.1 Å². The minimum atomic E-state index is -0.771. The molecule has 0 aliphatic carbocycles. The Hall–Kier alpha value is 0.680. The topological polar surface area (TPSA) is 52.6 Å². The molecule has 0 spiro atoms. The fourth-order valence-corrected chi connectivity index (χ4v) is 0.330. The Morgan fingerprint density at radius 2 is 1.25 bits per heavy atom. The molecule has 0 atom stereocenters. The van der Waals surface area contributed by atoms with E-state index in [0.717, 1.165) is 14.2 Å². The smallest absolute Gasteiger partial charge is 0.344 e. The van der Waals surface area contributed by atoms with Crippen LogP contribution in [0, 0.1) is 0 Å². The van der Waals surface area contributed by atoms with E-state index >= 15 is 0 Å². The number of rotatable bonds is 2. The van der Waals surface area contributed by atoms with Gasteiger partial charge < -0.3 is 9.47 Å². The molecule has 0 aromatic carbocycles. The molecule has 0 N–H and O–H groups in total. The minimum Gasteiger partial charge on any atom is -0.465 e. The molecule has 12 heavy (non-hydrogen) atoms. The van der Waals surface area contributed by atoms with Gasteiger partial charge in [-0.3, -0.25) is 0 Å². The molecule has 0 saturated carbocycles. The van der Waals surface area contributed by atoms with Crippen molar-refractivity contribution in [2.75, 3.05) is 14.2 Å². The maximum Gasteiger partial charge on any atom is 0.344 e. The van der Waals surface area contributed by atoms with Crippen LogP contribution >= 0.6 is 0 Å². The van der Waals surface area contributed by atoms with Gasteiger partial charge in [-0.15, -0.1) is 0 Å². The summed E-state index contributed by atoms with van der Waals surface area (Å²) in [5.41, 5.74) is -0.301. The van der Waals surface area contributed by atoms with Gasteiger partial charge in [0.1, 0.15) is 5.57 Å². The van der Waals surface area contributed by atoms with Gasteiger partial charge in [0, 0.05) is 59.1 Å². The first-order valence-corrected chi connectivity index (χ1v) is 2.49. The Balaban J connectivity index is -0.000000405. The van der Waals surface area contributed by atoms with E-state index in [-0.39, 0.29) is 64.7 Å². The van der Waals surface area contributed by atoms with Crippen molar-refractivity contribution in [3.8, 4) is 0 Å². The second-order valence-corrected chi connectivity index (χ2v) is 1.46. The van der Waals surface area contributed by atoms with Crippen LogP contribution in [0.5, 0.6) is 0 Å². The number of carbonyl (C=O) groups excluding carboxylic acids is 2. The van der Waals surface area contributed by atoms with Gasteiger partial charge in [-0.25, -0.2) is 9.59 Å². The van der Waals surface area contributed by atoms with E-state index in [1.807, 2.05) is 0 Å². The van der Waals surface area contributed by atoms with Crippen LogP contribution in [0.2, 0.25) is 0 Å². The molecule has 0 aliphatic heterocycles. The van der Waals surface area contributed by atoms with Crippen LogP contribution in [0.15, 0.2) is 12.2 Å². The van der Waals surface area contributed by atoms with E-state index in [1.165, 1.54) is 0 Å². The van der Waals surface area contributed by atoms with E-state index in [4.69, 9.17) is 0 Å². The number of carbonyl (C=O) groups is 2. The van der Waals surface area contributed by atoms with Gasteiger partial charge >= 0.3 is 11.9 Å². The molecular weight excluding hydrogens is 182 g/mol. The van der Waals surface area contributed by atoms with Crippen LogP contribution in [-0.4, -0.2) is 85.3 Å². The van der Waals surface area contributed by atoms with Crippen molar-refractivity contribution >= 4 is 71.1 Å². The van der Waals surface area contributed by atoms with Crippen molar-refractivity contribution in [3.63, 3.8) is 0 Å². The van der Waals surface area contributed by atoms with Crippen molar-refractivity contribution in [1.29, 1.82) is 0 Å². The number of hydrogen-bond donors (Lipinski definition) is 0. The summed E-state index contributed by atoms with van der Waals surface area (Å²) in [4.78, 5) is 21.0. The molecule has 0 saturated heterocycles. The summed E-state index contributed by atoms with van der Waals surface area (Å²) in [5, 5.41) is 0. The maximum absolute atomic E-state index is 10.5. The third-order valence-corrected chi connectivity index (χ3v) is 0.864. The van der Waals surface area contributed by atoms with E-state index in [1.54, 1.807) is 0 Å². The van der Waals surface area contributed by atoms with Crippen molar-refractivity contribution in [2.24, 2.45) is 0 Å². The van der Waals surface area contributed by atoms with Gasteiger partial charge in [-0.2, -0.15) is 0 Å². The molecule has 2 radical (unpaired) electrons. The van der Waals surface area contributed by atoms with Gasteiger partial charge in [-0.1, -0.05) is 6.58 Å². The second-order valence-electron chi connectivity index (χ2n) is 1.46. The predicted octanol–water partition coefficient (Wildman–Crippen LogP) is -0.873. The monoisotopic (exact) mass is 190 g/mol. The normalized spacial score (nSPS) is 6.83. The average Bonchev–Trinajstić information content (AvgIpc) is 2.00. The molecule has 0 bridgehead atoms. The second kappa shape index (κ2) is 9.77. The van der Waals surface area contributed by atoms with Gasteiger partial charge in [-0.05, 0) is 0 Å².